The normalized spacial score (nSPS) is 11.4. The van der Waals surface area contributed by atoms with Gasteiger partial charge in [0.1, 0.15) is 17.3 Å². The zero-order valence-electron chi connectivity index (χ0n) is 7.57. The van der Waals surface area contributed by atoms with Gasteiger partial charge in [0.15, 0.2) is 10.5 Å². The number of alkyl halides is 2. The molecule has 86 valence electrons. The van der Waals surface area contributed by atoms with Gasteiger partial charge in [-0.15, -0.1) is 0 Å². The average molecular weight is 249 g/mol. The van der Waals surface area contributed by atoms with Crippen molar-refractivity contribution in [2.45, 2.75) is 11.5 Å². The number of H-pyrrole nitrogens is 1. The second kappa shape index (κ2) is 3.99. The average Bonchev–Trinajstić information content (AvgIpc) is 2.14. The molecule has 6 nitrogen and oxygen atoms in total. The Hall–Kier alpha value is -1.79. The Morgan fingerprint density at radius 1 is 1.50 bits per heavy atom. The van der Waals surface area contributed by atoms with Crippen LogP contribution in [-0.4, -0.2) is 13.4 Å². The lowest BCUT2D eigenvalue weighted by molar-refractivity contribution is 0.145. The van der Waals surface area contributed by atoms with Gasteiger partial charge in [-0.25, -0.2) is 22.3 Å². The van der Waals surface area contributed by atoms with Gasteiger partial charge < -0.3 is 4.98 Å². The Morgan fingerprint density at radius 2 is 2.06 bits per heavy atom. The quantitative estimate of drug-likeness (QED) is 0.756. The summed E-state index contributed by atoms with van der Waals surface area (Å²) in [6, 6.07) is 2.01. The molecule has 1 aromatic heterocycles. The van der Waals surface area contributed by atoms with E-state index in [9.17, 15) is 22.0 Å². The molecule has 0 saturated heterocycles. The van der Waals surface area contributed by atoms with Crippen molar-refractivity contribution in [1.29, 1.82) is 5.26 Å². The van der Waals surface area contributed by atoms with Crippen LogP contribution in [0.15, 0.2) is 15.9 Å². The van der Waals surface area contributed by atoms with Gasteiger partial charge in [-0.05, 0) is 0 Å². The zero-order chi connectivity index (χ0) is 12.5. The van der Waals surface area contributed by atoms with Gasteiger partial charge in [0.05, 0.1) is 0 Å². The summed E-state index contributed by atoms with van der Waals surface area (Å²) in [7, 11) is -4.52. The van der Waals surface area contributed by atoms with Crippen LogP contribution >= 0.6 is 0 Å². The summed E-state index contributed by atoms with van der Waals surface area (Å²) in [6.45, 7) is 0. The monoisotopic (exact) mass is 249 g/mol. The predicted octanol–water partition coefficient (Wildman–Crippen LogP) is -0.168. The van der Waals surface area contributed by atoms with Gasteiger partial charge in [-0.1, -0.05) is 0 Å². The molecular weight excluding hydrogens is 244 g/mol. The second-order valence-electron chi connectivity index (χ2n) is 2.75. The number of aromatic amines is 1. The molecule has 1 aromatic rings. The molecule has 0 bridgehead atoms. The van der Waals surface area contributed by atoms with E-state index in [2.05, 4.69) is 5.14 Å². The molecule has 0 aliphatic heterocycles. The Kier molecular flexibility index (Phi) is 3.06. The lowest BCUT2D eigenvalue weighted by atomic mass is 10.2. The van der Waals surface area contributed by atoms with Crippen molar-refractivity contribution in [2.75, 3.05) is 0 Å². The highest BCUT2D eigenvalue weighted by Crippen LogP contribution is 2.20. The molecule has 0 unspecified atom stereocenters. The number of pyridine rings is 1. The number of aromatic nitrogens is 1. The zero-order valence-corrected chi connectivity index (χ0v) is 8.38. The summed E-state index contributed by atoms with van der Waals surface area (Å²) in [6.07, 6.45) is -3.30. The maximum absolute atomic E-state index is 12.4. The van der Waals surface area contributed by atoms with Gasteiger partial charge in [0.2, 0.25) is 0 Å². The van der Waals surface area contributed by atoms with E-state index in [1.54, 1.807) is 0 Å². The highest BCUT2D eigenvalue weighted by Gasteiger charge is 2.25. The van der Waals surface area contributed by atoms with Crippen LogP contribution in [0.3, 0.4) is 0 Å². The molecule has 0 atom stereocenters. The van der Waals surface area contributed by atoms with Crippen LogP contribution in [0.1, 0.15) is 17.7 Å². The van der Waals surface area contributed by atoms with Gasteiger partial charge in [0.25, 0.3) is 16.4 Å². The van der Waals surface area contributed by atoms with Crippen molar-refractivity contribution in [3.05, 3.63) is 27.5 Å². The third kappa shape index (κ3) is 2.23. The van der Waals surface area contributed by atoms with Crippen LogP contribution in [0.4, 0.5) is 8.78 Å². The van der Waals surface area contributed by atoms with Crippen LogP contribution in [0.2, 0.25) is 0 Å². The molecule has 3 N–H and O–H groups in total. The van der Waals surface area contributed by atoms with Crippen molar-refractivity contribution >= 4 is 10.0 Å². The summed E-state index contributed by atoms with van der Waals surface area (Å²) < 4.78 is 46.7. The highest BCUT2D eigenvalue weighted by molar-refractivity contribution is 7.89. The molecule has 0 saturated carbocycles. The maximum Gasteiger partial charge on any atom is 0.270 e. The molecule has 0 amide bonds. The summed E-state index contributed by atoms with van der Waals surface area (Å²) in [5, 5.41) is 12.0. The van der Waals surface area contributed by atoms with Crippen LogP contribution in [0, 0.1) is 11.3 Å². The van der Waals surface area contributed by atoms with Crippen molar-refractivity contribution in [2.24, 2.45) is 5.14 Å². The third-order valence-corrected chi connectivity index (χ3v) is 2.55. The number of halogens is 2. The fourth-order valence-electron chi connectivity index (χ4n) is 1.04. The summed E-state index contributed by atoms with van der Waals surface area (Å²) >= 11 is 0. The molecule has 1 rings (SSSR count). The summed E-state index contributed by atoms with van der Waals surface area (Å²) in [5.41, 5.74) is -2.98. The van der Waals surface area contributed by atoms with Gasteiger partial charge in [-0.3, -0.25) is 4.79 Å². The lowest BCUT2D eigenvalue weighted by Crippen LogP contribution is -2.23. The number of primary sulfonamides is 1. The fraction of sp³-hybridized carbons (Fsp3) is 0.143. The Bertz CT molecular complexity index is 615. The number of rotatable bonds is 2. The van der Waals surface area contributed by atoms with Crippen molar-refractivity contribution in [3.8, 4) is 6.07 Å². The van der Waals surface area contributed by atoms with Gasteiger partial charge in [0, 0.05) is 6.07 Å². The van der Waals surface area contributed by atoms with Crippen LogP contribution in [0.5, 0.6) is 0 Å². The predicted molar refractivity (Wildman–Crippen MR) is 48.1 cm³/mol. The Morgan fingerprint density at radius 3 is 2.44 bits per heavy atom. The Labute approximate surface area is 88.4 Å². The van der Waals surface area contributed by atoms with E-state index in [1.165, 1.54) is 6.07 Å². The Balaban J connectivity index is 3.76. The SMILES string of the molecule is N#Cc1cc(=O)c(C(F)F)c(S(N)(=O)=O)[nH]1. The molecule has 1 heterocycles. The minimum Gasteiger partial charge on any atom is -0.336 e. The molecule has 0 aliphatic carbocycles. The van der Waals surface area contributed by atoms with Crippen molar-refractivity contribution in [1.82, 2.24) is 4.98 Å². The molecule has 16 heavy (non-hydrogen) atoms. The topological polar surface area (TPSA) is 117 Å². The second-order valence-corrected chi connectivity index (χ2v) is 4.25. The smallest absolute Gasteiger partial charge is 0.270 e. The van der Waals surface area contributed by atoms with E-state index < -0.39 is 38.2 Å². The first-order chi connectivity index (χ1) is 7.27. The molecule has 9 heteroatoms. The standard InChI is InChI=1S/C7H5F2N3O3S/c8-6(9)5-4(13)1-3(2-10)12-7(5)16(11,14)15/h1,6H,(H,12,13)(H2,11,14,15). The van der Waals surface area contributed by atoms with E-state index in [0.717, 1.165) is 0 Å². The lowest BCUT2D eigenvalue weighted by Gasteiger charge is -2.06. The van der Waals surface area contributed by atoms with E-state index >= 15 is 0 Å². The molecule has 0 fully saturated rings. The molecule has 0 radical (unpaired) electrons. The van der Waals surface area contributed by atoms with E-state index in [4.69, 9.17) is 5.26 Å². The van der Waals surface area contributed by atoms with Crippen molar-refractivity contribution < 1.29 is 17.2 Å². The molecule has 0 aliphatic rings. The largest absolute Gasteiger partial charge is 0.336 e. The van der Waals surface area contributed by atoms with Gasteiger partial charge >= 0.3 is 0 Å². The van der Waals surface area contributed by atoms with E-state index in [0.29, 0.717) is 6.07 Å². The van der Waals surface area contributed by atoms with E-state index in [1.807, 2.05) is 4.98 Å². The number of hydrogen-bond donors (Lipinski definition) is 2. The van der Waals surface area contributed by atoms with Crippen LogP contribution < -0.4 is 10.6 Å². The number of nitrogens with zero attached hydrogens (tertiary/aromatic N) is 1. The number of nitrogens with one attached hydrogen (secondary N) is 1. The summed E-state index contributed by atoms with van der Waals surface area (Å²) in [5.74, 6) is 0. The third-order valence-electron chi connectivity index (χ3n) is 1.66. The van der Waals surface area contributed by atoms with Crippen LogP contribution in [0.25, 0.3) is 0 Å². The maximum atomic E-state index is 12.4. The van der Waals surface area contributed by atoms with Gasteiger partial charge in [-0.2, -0.15) is 5.26 Å². The molecule has 0 aromatic carbocycles. The first-order valence-electron chi connectivity index (χ1n) is 3.75. The minimum atomic E-state index is -4.52. The minimum absolute atomic E-state index is 0.460. The number of nitrogens with two attached hydrogens (primary N) is 1. The number of sulfonamides is 1. The molecular formula is C7H5F2N3O3S. The van der Waals surface area contributed by atoms with E-state index in [-0.39, 0.29) is 0 Å². The molecule has 0 spiro atoms. The highest BCUT2D eigenvalue weighted by atomic mass is 32.2. The van der Waals surface area contributed by atoms with Crippen LogP contribution in [-0.2, 0) is 10.0 Å². The van der Waals surface area contributed by atoms with Crippen molar-refractivity contribution in [3.63, 3.8) is 0 Å². The summed E-state index contributed by atoms with van der Waals surface area (Å²) in [4.78, 5) is 13.0. The number of hydrogen-bond acceptors (Lipinski definition) is 4. The fourth-order valence-corrected chi connectivity index (χ4v) is 1.79. The first kappa shape index (κ1) is 12.3. The number of nitriles is 1. The first-order valence-corrected chi connectivity index (χ1v) is 5.30.